The molecule has 0 aliphatic heterocycles. The standard InChI is InChI=1S/C14H10O2/c15-10-5-6-11-9(7-10)8-14(16)13-4-2-1-3-12(11)13/h1-7,11H,8H2. The van der Waals surface area contributed by atoms with Gasteiger partial charge in [0.25, 0.3) is 0 Å². The van der Waals surface area contributed by atoms with Crippen LogP contribution < -0.4 is 0 Å². The number of allylic oxidation sites excluding steroid dienone is 4. The SMILES string of the molecule is O=C1C=CC2C(=C1)CC(=O)c1ccccc12. The van der Waals surface area contributed by atoms with E-state index in [2.05, 4.69) is 0 Å². The first-order valence-electron chi connectivity index (χ1n) is 5.30. The van der Waals surface area contributed by atoms with Gasteiger partial charge in [0, 0.05) is 17.9 Å². The number of fused-ring (bicyclic) bond motifs is 3. The minimum atomic E-state index is -0.0153. The van der Waals surface area contributed by atoms with E-state index in [1.807, 2.05) is 30.3 Å². The van der Waals surface area contributed by atoms with Crippen molar-refractivity contribution in [1.82, 2.24) is 0 Å². The lowest BCUT2D eigenvalue weighted by atomic mass is 9.76. The summed E-state index contributed by atoms with van der Waals surface area (Å²) in [6.07, 6.45) is 5.44. The first-order chi connectivity index (χ1) is 7.75. The predicted molar refractivity (Wildman–Crippen MR) is 60.4 cm³/mol. The molecule has 78 valence electrons. The van der Waals surface area contributed by atoms with Crippen LogP contribution in [0.3, 0.4) is 0 Å². The summed E-state index contributed by atoms with van der Waals surface area (Å²) >= 11 is 0. The maximum atomic E-state index is 11.9. The van der Waals surface area contributed by atoms with E-state index in [-0.39, 0.29) is 17.5 Å². The van der Waals surface area contributed by atoms with Crippen molar-refractivity contribution >= 4 is 11.6 Å². The van der Waals surface area contributed by atoms with E-state index in [1.54, 1.807) is 12.2 Å². The summed E-state index contributed by atoms with van der Waals surface area (Å²) in [6.45, 7) is 0. The van der Waals surface area contributed by atoms with Crippen molar-refractivity contribution in [3.63, 3.8) is 0 Å². The molecule has 0 spiro atoms. The maximum Gasteiger partial charge on any atom is 0.178 e. The van der Waals surface area contributed by atoms with E-state index >= 15 is 0 Å². The van der Waals surface area contributed by atoms with Gasteiger partial charge in [0.05, 0.1) is 0 Å². The van der Waals surface area contributed by atoms with Crippen molar-refractivity contribution in [3.8, 4) is 0 Å². The summed E-state index contributed by atoms with van der Waals surface area (Å²) in [5.74, 6) is 0.214. The summed E-state index contributed by atoms with van der Waals surface area (Å²) < 4.78 is 0. The third-order valence-corrected chi connectivity index (χ3v) is 3.14. The van der Waals surface area contributed by atoms with Crippen LogP contribution in [0.2, 0.25) is 0 Å². The van der Waals surface area contributed by atoms with Crippen molar-refractivity contribution in [3.05, 3.63) is 59.2 Å². The molecule has 1 aromatic rings. The lowest BCUT2D eigenvalue weighted by molar-refractivity contribution is -0.110. The number of Topliss-reactive ketones (excluding diaryl/α,β-unsaturated/α-hetero) is 1. The Morgan fingerprint density at radius 3 is 2.81 bits per heavy atom. The number of hydrogen-bond acceptors (Lipinski definition) is 2. The number of rotatable bonds is 0. The Bertz CT molecular complexity index is 550. The van der Waals surface area contributed by atoms with Crippen LogP contribution in [0.1, 0.15) is 28.3 Å². The van der Waals surface area contributed by atoms with E-state index in [4.69, 9.17) is 0 Å². The van der Waals surface area contributed by atoms with Gasteiger partial charge in [-0.2, -0.15) is 0 Å². The van der Waals surface area contributed by atoms with Crippen LogP contribution in [0.4, 0.5) is 0 Å². The number of ketones is 2. The molecule has 2 aliphatic rings. The zero-order chi connectivity index (χ0) is 11.1. The Balaban J connectivity index is 2.19. The van der Waals surface area contributed by atoms with Crippen LogP contribution in [-0.4, -0.2) is 11.6 Å². The molecule has 0 N–H and O–H groups in total. The molecule has 0 saturated carbocycles. The third kappa shape index (κ3) is 1.27. The van der Waals surface area contributed by atoms with Gasteiger partial charge in [-0.05, 0) is 23.3 Å². The van der Waals surface area contributed by atoms with Crippen molar-refractivity contribution in [2.75, 3.05) is 0 Å². The molecular weight excluding hydrogens is 200 g/mol. The van der Waals surface area contributed by atoms with Gasteiger partial charge >= 0.3 is 0 Å². The lowest BCUT2D eigenvalue weighted by Gasteiger charge is -2.26. The lowest BCUT2D eigenvalue weighted by Crippen LogP contribution is -2.19. The number of benzene rings is 1. The molecule has 3 rings (SSSR count). The van der Waals surface area contributed by atoms with Gasteiger partial charge in [-0.3, -0.25) is 9.59 Å². The molecule has 0 radical (unpaired) electrons. The fraction of sp³-hybridized carbons (Fsp3) is 0.143. The van der Waals surface area contributed by atoms with Gasteiger partial charge < -0.3 is 0 Å². The Kier molecular flexibility index (Phi) is 1.90. The van der Waals surface area contributed by atoms with Gasteiger partial charge in [0.1, 0.15) is 0 Å². The van der Waals surface area contributed by atoms with Crippen molar-refractivity contribution in [2.45, 2.75) is 12.3 Å². The van der Waals surface area contributed by atoms with Gasteiger partial charge in [-0.15, -0.1) is 0 Å². The first kappa shape index (κ1) is 9.28. The first-order valence-corrected chi connectivity index (χ1v) is 5.30. The fourth-order valence-electron chi connectivity index (χ4n) is 2.40. The zero-order valence-corrected chi connectivity index (χ0v) is 8.64. The normalized spacial score (nSPS) is 22.5. The fourth-order valence-corrected chi connectivity index (χ4v) is 2.40. The number of hydrogen-bond donors (Lipinski definition) is 0. The largest absolute Gasteiger partial charge is 0.294 e. The van der Waals surface area contributed by atoms with E-state index < -0.39 is 0 Å². The zero-order valence-electron chi connectivity index (χ0n) is 8.64. The molecule has 1 aromatic carbocycles. The summed E-state index contributed by atoms with van der Waals surface area (Å²) in [5.41, 5.74) is 2.74. The third-order valence-electron chi connectivity index (χ3n) is 3.14. The Hall–Kier alpha value is -1.96. The van der Waals surface area contributed by atoms with E-state index in [1.165, 1.54) is 0 Å². The van der Waals surface area contributed by atoms with Gasteiger partial charge in [-0.1, -0.05) is 30.3 Å². The molecule has 1 unspecified atom stereocenters. The summed E-state index contributed by atoms with van der Waals surface area (Å²) in [6, 6.07) is 7.63. The second-order valence-corrected chi connectivity index (χ2v) is 4.15. The van der Waals surface area contributed by atoms with Crippen LogP contribution in [0, 0.1) is 0 Å². The van der Waals surface area contributed by atoms with E-state index in [9.17, 15) is 9.59 Å². The summed E-state index contributed by atoms with van der Waals surface area (Å²) in [4.78, 5) is 23.1. The highest BCUT2D eigenvalue weighted by atomic mass is 16.1. The van der Waals surface area contributed by atoms with Gasteiger partial charge in [0.15, 0.2) is 11.6 Å². The quantitative estimate of drug-likeness (QED) is 0.659. The summed E-state index contributed by atoms with van der Waals surface area (Å²) in [7, 11) is 0. The minimum Gasteiger partial charge on any atom is -0.294 e. The number of carbonyl (C=O) groups excluding carboxylic acids is 2. The second-order valence-electron chi connectivity index (χ2n) is 4.15. The van der Waals surface area contributed by atoms with Crippen LogP contribution in [0.15, 0.2) is 48.1 Å². The van der Waals surface area contributed by atoms with Crippen LogP contribution in [0.5, 0.6) is 0 Å². The van der Waals surface area contributed by atoms with Crippen LogP contribution >= 0.6 is 0 Å². The molecule has 0 heterocycles. The van der Waals surface area contributed by atoms with Gasteiger partial charge in [-0.25, -0.2) is 0 Å². The molecule has 1 atom stereocenters. The smallest absolute Gasteiger partial charge is 0.178 e. The average Bonchev–Trinajstić information content (AvgIpc) is 2.29. The highest BCUT2D eigenvalue weighted by Crippen LogP contribution is 2.38. The molecule has 0 bridgehead atoms. The maximum absolute atomic E-state index is 11.9. The topological polar surface area (TPSA) is 34.1 Å². The van der Waals surface area contributed by atoms with Crippen molar-refractivity contribution < 1.29 is 9.59 Å². The van der Waals surface area contributed by atoms with Crippen molar-refractivity contribution in [2.24, 2.45) is 0 Å². The Labute approximate surface area is 93.3 Å². The second kappa shape index (κ2) is 3.27. The van der Waals surface area contributed by atoms with Crippen molar-refractivity contribution in [1.29, 1.82) is 0 Å². The molecule has 16 heavy (non-hydrogen) atoms. The molecule has 2 nitrogen and oxygen atoms in total. The van der Waals surface area contributed by atoms with Crippen LogP contribution in [0.25, 0.3) is 0 Å². The Morgan fingerprint density at radius 1 is 1.12 bits per heavy atom. The molecular formula is C14H10O2. The molecule has 0 amide bonds. The predicted octanol–water partition coefficient (Wildman–Crippen LogP) is 2.42. The van der Waals surface area contributed by atoms with E-state index in [0.717, 1.165) is 16.7 Å². The van der Waals surface area contributed by atoms with Crippen LogP contribution in [-0.2, 0) is 4.79 Å². The molecule has 0 fully saturated rings. The minimum absolute atomic E-state index is 0.0153. The molecule has 2 aliphatic carbocycles. The summed E-state index contributed by atoms with van der Waals surface area (Å²) in [5, 5.41) is 0. The Morgan fingerprint density at radius 2 is 1.94 bits per heavy atom. The molecule has 2 heteroatoms. The number of carbonyl (C=O) groups is 2. The average molecular weight is 210 g/mol. The molecule has 0 aromatic heterocycles. The molecule has 0 saturated heterocycles. The monoisotopic (exact) mass is 210 g/mol. The highest BCUT2D eigenvalue weighted by molar-refractivity contribution is 6.06. The van der Waals surface area contributed by atoms with E-state index in [0.29, 0.717) is 6.42 Å². The van der Waals surface area contributed by atoms with Gasteiger partial charge in [0.2, 0.25) is 0 Å². The highest BCUT2D eigenvalue weighted by Gasteiger charge is 2.29.